The summed E-state index contributed by atoms with van der Waals surface area (Å²) >= 11 is 0. The molecular formula is C21H31NO2. The van der Waals surface area contributed by atoms with Gasteiger partial charge in [0.2, 0.25) is 5.91 Å². The lowest BCUT2D eigenvalue weighted by atomic mass is 9.71. The molecule has 24 heavy (non-hydrogen) atoms. The van der Waals surface area contributed by atoms with Crippen molar-refractivity contribution in [3.63, 3.8) is 0 Å². The summed E-state index contributed by atoms with van der Waals surface area (Å²) in [5.74, 6) is 1.59. The molecule has 3 rings (SSSR count). The second-order valence-electron chi connectivity index (χ2n) is 8.47. The van der Waals surface area contributed by atoms with Crippen LogP contribution in [0, 0.1) is 11.8 Å². The van der Waals surface area contributed by atoms with E-state index in [1.165, 1.54) is 11.1 Å². The molecule has 0 atom stereocenters. The van der Waals surface area contributed by atoms with Gasteiger partial charge in [-0.25, -0.2) is 0 Å². The van der Waals surface area contributed by atoms with Gasteiger partial charge in [0, 0.05) is 19.0 Å². The first-order valence-corrected chi connectivity index (χ1v) is 9.44. The maximum atomic E-state index is 12.4. The first-order valence-electron chi connectivity index (χ1n) is 9.44. The van der Waals surface area contributed by atoms with Crippen molar-refractivity contribution < 1.29 is 9.90 Å². The normalized spacial score (nSPS) is 28.0. The van der Waals surface area contributed by atoms with E-state index >= 15 is 0 Å². The maximum Gasteiger partial charge on any atom is 0.225 e. The number of carbonyl (C=O) groups excluding carboxylic acids is 1. The first kappa shape index (κ1) is 17.5. The molecule has 1 N–H and O–H groups in total. The van der Waals surface area contributed by atoms with Crippen LogP contribution in [0.25, 0.3) is 0 Å². The SMILES string of the molecule is CC(C)c1ccc(CC2CCN(C(=O)[C@H]3C[C@@](C)(O)C3)CC2)cc1. The lowest BCUT2D eigenvalue weighted by Gasteiger charge is -2.43. The van der Waals surface area contributed by atoms with E-state index in [0.717, 1.165) is 32.4 Å². The lowest BCUT2D eigenvalue weighted by molar-refractivity contribution is -0.151. The smallest absolute Gasteiger partial charge is 0.225 e. The predicted molar refractivity (Wildman–Crippen MR) is 96.9 cm³/mol. The number of hydrogen-bond acceptors (Lipinski definition) is 2. The second kappa shape index (κ2) is 6.87. The molecule has 1 saturated heterocycles. The van der Waals surface area contributed by atoms with Crippen molar-refractivity contribution in [2.45, 2.75) is 64.4 Å². The zero-order valence-electron chi connectivity index (χ0n) is 15.3. The quantitative estimate of drug-likeness (QED) is 0.914. The van der Waals surface area contributed by atoms with Crippen LogP contribution < -0.4 is 0 Å². The van der Waals surface area contributed by atoms with Crippen LogP contribution in [0.1, 0.15) is 63.5 Å². The summed E-state index contributed by atoms with van der Waals surface area (Å²) in [7, 11) is 0. The van der Waals surface area contributed by atoms with Crippen molar-refractivity contribution in [1.82, 2.24) is 4.90 Å². The number of rotatable bonds is 4. The van der Waals surface area contributed by atoms with Gasteiger partial charge in [0.25, 0.3) is 0 Å². The molecule has 1 aromatic rings. The highest BCUT2D eigenvalue weighted by molar-refractivity contribution is 5.80. The molecule has 3 nitrogen and oxygen atoms in total. The molecule has 0 radical (unpaired) electrons. The third-order valence-corrected chi connectivity index (χ3v) is 5.82. The summed E-state index contributed by atoms with van der Waals surface area (Å²) < 4.78 is 0. The van der Waals surface area contributed by atoms with Gasteiger partial charge in [-0.15, -0.1) is 0 Å². The molecule has 1 saturated carbocycles. The molecule has 0 spiro atoms. The molecule has 2 fully saturated rings. The van der Waals surface area contributed by atoms with Gasteiger partial charge in [-0.3, -0.25) is 4.79 Å². The predicted octanol–water partition coefficient (Wildman–Crippen LogP) is 3.75. The zero-order valence-corrected chi connectivity index (χ0v) is 15.3. The summed E-state index contributed by atoms with van der Waals surface area (Å²) in [6.07, 6.45) is 4.59. The fourth-order valence-corrected chi connectivity index (χ4v) is 4.16. The summed E-state index contributed by atoms with van der Waals surface area (Å²) in [5.41, 5.74) is 2.20. The third kappa shape index (κ3) is 4.00. The Morgan fingerprint density at radius 1 is 1.21 bits per heavy atom. The van der Waals surface area contributed by atoms with Crippen molar-refractivity contribution >= 4 is 5.91 Å². The van der Waals surface area contributed by atoms with E-state index in [1.807, 2.05) is 11.8 Å². The minimum atomic E-state index is -0.610. The van der Waals surface area contributed by atoms with E-state index < -0.39 is 5.60 Å². The highest BCUT2D eigenvalue weighted by atomic mass is 16.3. The van der Waals surface area contributed by atoms with Crippen LogP contribution in [0.5, 0.6) is 0 Å². The average molecular weight is 329 g/mol. The van der Waals surface area contributed by atoms with Crippen LogP contribution in [0.15, 0.2) is 24.3 Å². The van der Waals surface area contributed by atoms with Crippen molar-refractivity contribution in [2.75, 3.05) is 13.1 Å². The van der Waals surface area contributed by atoms with E-state index in [9.17, 15) is 9.90 Å². The Hall–Kier alpha value is -1.35. The Morgan fingerprint density at radius 3 is 2.29 bits per heavy atom. The standard InChI is InChI=1S/C21H31NO2/c1-15(2)18-6-4-16(5-7-18)12-17-8-10-22(11-9-17)20(23)19-13-21(3,24)14-19/h4-7,15,17,19,24H,8-14H2,1-3H3/t19-,21+. The summed E-state index contributed by atoms with van der Waals surface area (Å²) in [5, 5.41) is 9.82. The Morgan fingerprint density at radius 2 is 1.79 bits per heavy atom. The summed E-state index contributed by atoms with van der Waals surface area (Å²) in [6, 6.07) is 9.04. The van der Waals surface area contributed by atoms with Gasteiger partial charge in [0.05, 0.1) is 5.60 Å². The maximum absolute atomic E-state index is 12.4. The molecule has 1 heterocycles. The van der Waals surface area contributed by atoms with Crippen molar-refractivity contribution in [2.24, 2.45) is 11.8 Å². The molecule has 0 aromatic heterocycles. The van der Waals surface area contributed by atoms with Crippen LogP contribution in [0.3, 0.4) is 0 Å². The molecule has 3 heteroatoms. The molecule has 1 amide bonds. The highest BCUT2D eigenvalue weighted by Gasteiger charge is 2.44. The van der Waals surface area contributed by atoms with Crippen molar-refractivity contribution in [1.29, 1.82) is 0 Å². The Labute approximate surface area is 146 Å². The number of amides is 1. The molecule has 0 unspecified atom stereocenters. The highest BCUT2D eigenvalue weighted by Crippen LogP contribution is 2.39. The Kier molecular flexibility index (Phi) is 5.00. The van der Waals surface area contributed by atoms with E-state index in [4.69, 9.17) is 0 Å². The summed E-state index contributed by atoms with van der Waals surface area (Å²) in [6.45, 7) is 8.04. The minimum Gasteiger partial charge on any atom is -0.390 e. The van der Waals surface area contributed by atoms with Gasteiger partial charge in [0.15, 0.2) is 0 Å². The van der Waals surface area contributed by atoms with Crippen LogP contribution in [-0.2, 0) is 11.2 Å². The first-order chi connectivity index (χ1) is 11.3. The number of likely N-dealkylation sites (tertiary alicyclic amines) is 1. The van der Waals surface area contributed by atoms with Gasteiger partial charge in [-0.2, -0.15) is 0 Å². The minimum absolute atomic E-state index is 0.0557. The summed E-state index contributed by atoms with van der Waals surface area (Å²) in [4.78, 5) is 14.5. The number of aliphatic hydroxyl groups is 1. The molecule has 1 aromatic carbocycles. The Bertz CT molecular complexity index is 560. The second-order valence-corrected chi connectivity index (χ2v) is 8.47. The number of nitrogens with zero attached hydrogens (tertiary/aromatic N) is 1. The topological polar surface area (TPSA) is 40.5 Å². The van der Waals surface area contributed by atoms with Crippen LogP contribution >= 0.6 is 0 Å². The van der Waals surface area contributed by atoms with Gasteiger partial charge in [0.1, 0.15) is 0 Å². The van der Waals surface area contributed by atoms with Crippen LogP contribution in [0.2, 0.25) is 0 Å². The van der Waals surface area contributed by atoms with Crippen molar-refractivity contribution in [3.05, 3.63) is 35.4 Å². The van der Waals surface area contributed by atoms with E-state index in [-0.39, 0.29) is 11.8 Å². The number of carbonyl (C=O) groups is 1. The molecule has 2 aliphatic rings. The van der Waals surface area contributed by atoms with Crippen molar-refractivity contribution in [3.8, 4) is 0 Å². The fraction of sp³-hybridized carbons (Fsp3) is 0.667. The number of piperidine rings is 1. The lowest BCUT2D eigenvalue weighted by Crippen LogP contribution is -2.51. The van der Waals surface area contributed by atoms with Crippen LogP contribution in [-0.4, -0.2) is 34.6 Å². The van der Waals surface area contributed by atoms with Gasteiger partial charge >= 0.3 is 0 Å². The van der Waals surface area contributed by atoms with Gasteiger partial charge < -0.3 is 10.0 Å². The monoisotopic (exact) mass is 329 g/mol. The van der Waals surface area contributed by atoms with E-state index in [2.05, 4.69) is 38.1 Å². The zero-order chi connectivity index (χ0) is 17.3. The average Bonchev–Trinajstić information content (AvgIpc) is 2.53. The largest absolute Gasteiger partial charge is 0.390 e. The third-order valence-electron chi connectivity index (χ3n) is 5.82. The Balaban J connectivity index is 1.46. The molecule has 1 aliphatic carbocycles. The fourth-order valence-electron chi connectivity index (χ4n) is 4.16. The molecule has 0 bridgehead atoms. The molecule has 1 aliphatic heterocycles. The number of benzene rings is 1. The van der Waals surface area contributed by atoms with Crippen LogP contribution in [0.4, 0.5) is 0 Å². The van der Waals surface area contributed by atoms with Gasteiger partial charge in [-0.1, -0.05) is 38.1 Å². The molecular weight excluding hydrogens is 298 g/mol. The van der Waals surface area contributed by atoms with Gasteiger partial charge in [-0.05, 0) is 62.0 Å². The van der Waals surface area contributed by atoms with E-state index in [0.29, 0.717) is 24.7 Å². The van der Waals surface area contributed by atoms with E-state index in [1.54, 1.807) is 0 Å². The molecule has 132 valence electrons. The number of hydrogen-bond donors (Lipinski definition) is 1.